The van der Waals surface area contributed by atoms with Crippen LogP contribution in [0.4, 0.5) is 14.9 Å². The fraction of sp³-hybridized carbons (Fsp3) is 0.227. The number of hydrogen-bond acceptors (Lipinski definition) is 4. The third-order valence-corrected chi connectivity index (χ3v) is 5.11. The molecule has 4 rings (SSSR count). The summed E-state index contributed by atoms with van der Waals surface area (Å²) in [6, 6.07) is 10.7. The highest BCUT2D eigenvalue weighted by molar-refractivity contribution is 6.00. The van der Waals surface area contributed by atoms with Crippen molar-refractivity contribution in [3.63, 3.8) is 0 Å². The number of ether oxygens (including phenoxy) is 1. The lowest BCUT2D eigenvalue weighted by atomic mass is 9.95. The molecule has 0 saturated heterocycles. The Balaban J connectivity index is 1.59. The number of carbonyl (C=O) groups is 3. The van der Waals surface area contributed by atoms with E-state index in [2.05, 4.69) is 10.6 Å². The van der Waals surface area contributed by atoms with Gasteiger partial charge in [-0.1, -0.05) is 35.9 Å². The van der Waals surface area contributed by atoms with Gasteiger partial charge in [-0.25, -0.2) is 14.0 Å². The van der Waals surface area contributed by atoms with E-state index in [0.29, 0.717) is 11.3 Å². The first kappa shape index (κ1) is 19.6. The highest BCUT2D eigenvalue weighted by Crippen LogP contribution is 2.35. The zero-order valence-electron chi connectivity index (χ0n) is 16.5. The third-order valence-electron chi connectivity index (χ3n) is 5.11. The molecule has 8 heteroatoms. The average molecular weight is 409 g/mol. The van der Waals surface area contributed by atoms with Gasteiger partial charge in [0.25, 0.3) is 0 Å². The molecule has 154 valence electrons. The molecule has 0 radical (unpaired) electrons. The average Bonchev–Trinajstić information content (AvgIpc) is 3.08. The summed E-state index contributed by atoms with van der Waals surface area (Å²) < 4.78 is 19.2. The van der Waals surface area contributed by atoms with Gasteiger partial charge >= 0.3 is 12.0 Å². The first-order valence-electron chi connectivity index (χ1n) is 9.44. The molecule has 1 unspecified atom stereocenters. The lowest BCUT2D eigenvalue weighted by Gasteiger charge is -2.32. The van der Waals surface area contributed by atoms with E-state index in [9.17, 15) is 18.8 Å². The molecule has 0 fully saturated rings. The van der Waals surface area contributed by atoms with Gasteiger partial charge in [-0.3, -0.25) is 9.69 Å². The van der Waals surface area contributed by atoms with Crippen LogP contribution < -0.4 is 10.6 Å². The Morgan fingerprint density at radius 2 is 1.87 bits per heavy atom. The zero-order chi connectivity index (χ0) is 21.4. The lowest BCUT2D eigenvalue weighted by Crippen LogP contribution is -2.49. The van der Waals surface area contributed by atoms with Crippen LogP contribution in [0.1, 0.15) is 22.7 Å². The van der Waals surface area contributed by atoms with E-state index in [4.69, 9.17) is 4.74 Å². The minimum absolute atomic E-state index is 0.0218. The fourth-order valence-corrected chi connectivity index (χ4v) is 3.54. The molecule has 2 aromatic carbocycles. The molecule has 1 atom stereocenters. The number of cyclic esters (lactones) is 1. The van der Waals surface area contributed by atoms with Crippen molar-refractivity contribution in [3.8, 4) is 0 Å². The maximum absolute atomic E-state index is 14.0. The summed E-state index contributed by atoms with van der Waals surface area (Å²) in [5, 5.41) is 5.23. The number of nitrogens with one attached hydrogen (secondary N) is 2. The summed E-state index contributed by atoms with van der Waals surface area (Å²) in [5.41, 5.74) is 3.17. The van der Waals surface area contributed by atoms with Crippen molar-refractivity contribution in [2.24, 2.45) is 0 Å². The van der Waals surface area contributed by atoms with E-state index in [0.717, 1.165) is 21.6 Å². The van der Waals surface area contributed by atoms with E-state index < -0.39 is 29.8 Å². The normalized spacial score (nSPS) is 18.1. The molecule has 2 aromatic rings. The largest absolute Gasteiger partial charge is 0.456 e. The van der Waals surface area contributed by atoms with Gasteiger partial charge in [-0.15, -0.1) is 0 Å². The highest BCUT2D eigenvalue weighted by Gasteiger charge is 2.42. The van der Waals surface area contributed by atoms with Crippen LogP contribution in [-0.4, -0.2) is 36.0 Å². The second-order valence-electron chi connectivity index (χ2n) is 7.35. The highest BCUT2D eigenvalue weighted by atomic mass is 19.1. The molecule has 2 N–H and O–H groups in total. The van der Waals surface area contributed by atoms with Gasteiger partial charge in [0.15, 0.2) is 0 Å². The Labute approximate surface area is 172 Å². The summed E-state index contributed by atoms with van der Waals surface area (Å²) in [5.74, 6) is -1.69. The number of esters is 1. The minimum atomic E-state index is -0.656. The van der Waals surface area contributed by atoms with Gasteiger partial charge in [0.1, 0.15) is 19.0 Å². The molecule has 7 nitrogen and oxygen atoms in total. The second-order valence-corrected chi connectivity index (χ2v) is 7.35. The molecule has 0 saturated carbocycles. The van der Waals surface area contributed by atoms with E-state index in [1.54, 1.807) is 13.0 Å². The van der Waals surface area contributed by atoms with Crippen LogP contribution in [0, 0.1) is 19.7 Å². The van der Waals surface area contributed by atoms with Gasteiger partial charge < -0.3 is 15.4 Å². The molecule has 2 aliphatic heterocycles. The van der Waals surface area contributed by atoms with Crippen LogP contribution in [0.5, 0.6) is 0 Å². The summed E-state index contributed by atoms with van der Waals surface area (Å²) in [6.45, 7) is 3.20. The Hall–Kier alpha value is -3.68. The number of hydrogen-bond donors (Lipinski definition) is 2. The smallest absolute Gasteiger partial charge is 0.338 e. The van der Waals surface area contributed by atoms with Crippen LogP contribution in [-0.2, 0) is 14.3 Å². The fourth-order valence-electron chi connectivity index (χ4n) is 3.54. The molecule has 2 aliphatic rings. The molecule has 30 heavy (non-hydrogen) atoms. The predicted molar refractivity (Wildman–Crippen MR) is 107 cm³/mol. The van der Waals surface area contributed by atoms with Crippen molar-refractivity contribution in [3.05, 3.63) is 76.2 Å². The number of urea groups is 1. The van der Waals surface area contributed by atoms with Crippen LogP contribution in [0.25, 0.3) is 0 Å². The number of aryl methyl sites for hydroxylation is 2. The van der Waals surface area contributed by atoms with Crippen LogP contribution in [0.2, 0.25) is 0 Å². The van der Waals surface area contributed by atoms with E-state index in [1.165, 1.54) is 12.1 Å². The topological polar surface area (TPSA) is 87.7 Å². The maximum atomic E-state index is 14.0. The molecule has 0 bridgehead atoms. The number of rotatable bonds is 4. The van der Waals surface area contributed by atoms with Gasteiger partial charge in [0, 0.05) is 0 Å². The van der Waals surface area contributed by atoms with Gasteiger partial charge in [-0.2, -0.15) is 0 Å². The van der Waals surface area contributed by atoms with Crippen molar-refractivity contribution in [1.29, 1.82) is 0 Å². The molecule has 0 aromatic heterocycles. The first-order chi connectivity index (χ1) is 14.3. The third kappa shape index (κ3) is 3.63. The van der Waals surface area contributed by atoms with E-state index in [-0.39, 0.29) is 18.8 Å². The van der Waals surface area contributed by atoms with Crippen molar-refractivity contribution in [2.45, 2.75) is 19.9 Å². The van der Waals surface area contributed by atoms with E-state index >= 15 is 0 Å². The molecular formula is C22H20FN3O4. The number of carbonyl (C=O) groups excluding carboxylic acids is 3. The second kappa shape index (κ2) is 7.62. The predicted octanol–water partition coefficient (Wildman–Crippen LogP) is 2.96. The monoisotopic (exact) mass is 409 g/mol. The summed E-state index contributed by atoms with van der Waals surface area (Å²) >= 11 is 0. The Bertz CT molecular complexity index is 1080. The quantitative estimate of drug-likeness (QED) is 0.760. The Morgan fingerprint density at radius 3 is 2.57 bits per heavy atom. The Kier molecular flexibility index (Phi) is 4.99. The molecule has 0 spiro atoms. The van der Waals surface area contributed by atoms with Crippen LogP contribution in [0.3, 0.4) is 0 Å². The molecule has 0 aliphatic carbocycles. The molecular weight excluding hydrogens is 389 g/mol. The van der Waals surface area contributed by atoms with Gasteiger partial charge in [-0.05, 0) is 37.1 Å². The number of amides is 3. The summed E-state index contributed by atoms with van der Waals surface area (Å²) in [4.78, 5) is 38.7. The maximum Gasteiger partial charge on any atom is 0.338 e. The number of halogens is 1. The SMILES string of the molecule is Cc1ccc(C2NC(=O)N(CC(=O)Nc3ccc(C)cc3F)C3=C2C(=O)OC3)cc1. The molecule has 3 amide bonds. The van der Waals surface area contributed by atoms with Crippen molar-refractivity contribution in [1.82, 2.24) is 10.2 Å². The van der Waals surface area contributed by atoms with E-state index in [1.807, 2.05) is 31.2 Å². The van der Waals surface area contributed by atoms with Gasteiger partial charge in [0.2, 0.25) is 5.91 Å². The van der Waals surface area contributed by atoms with Crippen molar-refractivity contribution < 1.29 is 23.5 Å². The number of benzene rings is 2. The van der Waals surface area contributed by atoms with Crippen LogP contribution in [0.15, 0.2) is 53.7 Å². The number of anilines is 1. The standard InChI is InChI=1S/C22H20FN3O4/c1-12-3-6-14(7-4-12)20-19-17(11-30-21(19)28)26(22(29)25-20)10-18(27)24-16-8-5-13(2)9-15(16)23/h3-9,20H,10-11H2,1-2H3,(H,24,27)(H,25,29). The lowest BCUT2D eigenvalue weighted by molar-refractivity contribution is -0.136. The van der Waals surface area contributed by atoms with Crippen molar-refractivity contribution >= 4 is 23.6 Å². The minimum Gasteiger partial charge on any atom is -0.456 e. The first-order valence-corrected chi connectivity index (χ1v) is 9.44. The van der Waals surface area contributed by atoms with Gasteiger partial charge in [0.05, 0.1) is 23.0 Å². The number of nitrogens with zero attached hydrogens (tertiary/aromatic N) is 1. The zero-order valence-corrected chi connectivity index (χ0v) is 16.5. The summed E-state index contributed by atoms with van der Waals surface area (Å²) in [7, 11) is 0. The summed E-state index contributed by atoms with van der Waals surface area (Å²) in [6.07, 6.45) is 0. The van der Waals surface area contributed by atoms with Crippen LogP contribution >= 0.6 is 0 Å². The Morgan fingerprint density at radius 1 is 1.17 bits per heavy atom. The van der Waals surface area contributed by atoms with Crippen molar-refractivity contribution in [2.75, 3.05) is 18.5 Å². The molecule has 2 heterocycles.